The number of anilines is 1. The van der Waals surface area contributed by atoms with E-state index in [0.717, 1.165) is 36.1 Å². The summed E-state index contributed by atoms with van der Waals surface area (Å²) in [5.74, 6) is -2.01. The van der Waals surface area contributed by atoms with Crippen LogP contribution in [-0.2, 0) is 29.1 Å². The molecule has 8 rings (SSSR count). The topological polar surface area (TPSA) is 206 Å². The van der Waals surface area contributed by atoms with E-state index in [4.69, 9.17) is 19.2 Å². The number of amides is 4. The molecule has 17 heteroatoms. The van der Waals surface area contributed by atoms with Crippen LogP contribution in [0.4, 0.5) is 10.5 Å². The molecule has 62 heavy (non-hydrogen) atoms. The second-order valence-corrected chi connectivity index (χ2v) is 20.1. The summed E-state index contributed by atoms with van der Waals surface area (Å²) in [5.41, 5.74) is 0.963. The molecule has 3 aliphatic heterocycles. The van der Waals surface area contributed by atoms with Gasteiger partial charge in [-0.15, -0.1) is 0 Å². The number of benzene rings is 2. The summed E-state index contributed by atoms with van der Waals surface area (Å²) in [6, 6.07) is 13.2. The molecule has 7 atom stereocenters. The Morgan fingerprint density at radius 2 is 1.77 bits per heavy atom. The summed E-state index contributed by atoms with van der Waals surface area (Å²) in [6.07, 6.45) is 4.51. The maximum atomic E-state index is 14.7. The van der Waals surface area contributed by atoms with Gasteiger partial charge < -0.3 is 39.8 Å². The molecule has 4 fully saturated rings. The van der Waals surface area contributed by atoms with Crippen LogP contribution in [0, 0.1) is 17.8 Å². The van der Waals surface area contributed by atoms with Crippen LogP contribution >= 0.6 is 0 Å². The van der Waals surface area contributed by atoms with Gasteiger partial charge in [0.1, 0.15) is 29.5 Å². The van der Waals surface area contributed by atoms with Gasteiger partial charge in [-0.25, -0.2) is 18.2 Å². The number of carbonyl (C=O) groups is 4. The van der Waals surface area contributed by atoms with Gasteiger partial charge in [0.25, 0.3) is 5.91 Å². The van der Waals surface area contributed by atoms with Crippen molar-refractivity contribution in [1.82, 2.24) is 25.2 Å². The van der Waals surface area contributed by atoms with Crippen molar-refractivity contribution in [3.8, 4) is 22.9 Å². The molecule has 2 saturated heterocycles. The number of ether oxygens (including phenoxy) is 3. The van der Waals surface area contributed by atoms with E-state index in [0.29, 0.717) is 55.7 Å². The van der Waals surface area contributed by atoms with Crippen LogP contribution in [0.15, 0.2) is 60.7 Å². The van der Waals surface area contributed by atoms with Gasteiger partial charge in [0.05, 0.1) is 37.3 Å². The van der Waals surface area contributed by atoms with Crippen molar-refractivity contribution < 1.29 is 46.9 Å². The Morgan fingerprint density at radius 3 is 2.47 bits per heavy atom. The number of nitrogens with one attached hydrogen (secondary N) is 3. The van der Waals surface area contributed by atoms with E-state index in [9.17, 15) is 32.7 Å². The maximum Gasteiger partial charge on any atom is 0.405 e. The first-order chi connectivity index (χ1) is 29.6. The fourth-order valence-electron chi connectivity index (χ4n) is 9.12. The third-order valence-corrected chi connectivity index (χ3v) is 15.5. The number of hydrogen-bond donors (Lipinski definition) is 4. The Hall–Kier alpha value is -5.42. The van der Waals surface area contributed by atoms with E-state index in [-0.39, 0.29) is 31.2 Å². The molecule has 0 unspecified atom stereocenters. The van der Waals surface area contributed by atoms with Crippen LogP contribution in [-0.4, -0.2) is 116 Å². The second kappa shape index (κ2) is 17.0. The minimum Gasteiger partial charge on any atom is -0.497 e. The van der Waals surface area contributed by atoms with Crippen molar-refractivity contribution in [2.75, 3.05) is 44.9 Å². The van der Waals surface area contributed by atoms with Gasteiger partial charge >= 0.3 is 6.09 Å². The van der Waals surface area contributed by atoms with Crippen LogP contribution in [0.5, 0.6) is 11.6 Å². The molecule has 0 radical (unpaired) electrons. The number of nitrogens with zero attached hydrogens (tertiary/aromatic N) is 3. The Labute approximate surface area is 361 Å². The fraction of sp³-hybridized carbons (Fsp3) is 0.533. The molecule has 2 aliphatic carbocycles. The summed E-state index contributed by atoms with van der Waals surface area (Å²) in [5, 5.41) is 16.7. The number of carbonyl (C=O) groups excluding carboxylic acids is 3. The second-order valence-electron chi connectivity index (χ2n) is 17.9. The third kappa shape index (κ3) is 8.78. The van der Waals surface area contributed by atoms with Gasteiger partial charge in [-0.2, -0.15) is 0 Å². The summed E-state index contributed by atoms with van der Waals surface area (Å²) in [4.78, 5) is 64.1. The van der Waals surface area contributed by atoms with Crippen molar-refractivity contribution >= 4 is 50.3 Å². The number of morpholine rings is 1. The Morgan fingerprint density at radius 1 is 1.03 bits per heavy atom. The van der Waals surface area contributed by atoms with Gasteiger partial charge in [0.15, 0.2) is 0 Å². The molecule has 2 aromatic carbocycles. The molecule has 5 aliphatic rings. The number of aromatic nitrogens is 1. The molecular weight excluding hydrogens is 817 g/mol. The van der Waals surface area contributed by atoms with E-state index < -0.39 is 74.1 Å². The van der Waals surface area contributed by atoms with Crippen LogP contribution < -0.4 is 29.7 Å². The number of carboxylic acid groups (broad SMARTS) is 1. The van der Waals surface area contributed by atoms with Crippen molar-refractivity contribution in [2.45, 2.75) is 94.2 Å². The fourth-order valence-corrected chi connectivity index (χ4v) is 10.4. The van der Waals surface area contributed by atoms with Crippen molar-refractivity contribution in [3.63, 3.8) is 0 Å². The zero-order valence-electron chi connectivity index (χ0n) is 35.6. The van der Waals surface area contributed by atoms with Gasteiger partial charge in [-0.1, -0.05) is 38.1 Å². The smallest absolute Gasteiger partial charge is 0.405 e. The van der Waals surface area contributed by atoms with Gasteiger partial charge in [0, 0.05) is 42.1 Å². The number of fused-ring (bicyclic) bond motifs is 3. The highest BCUT2D eigenvalue weighted by atomic mass is 32.2. The van der Waals surface area contributed by atoms with E-state index in [1.165, 1.54) is 4.90 Å². The lowest BCUT2D eigenvalue weighted by atomic mass is 9.88. The van der Waals surface area contributed by atoms with E-state index in [2.05, 4.69) is 20.3 Å². The number of sulfonamides is 1. The van der Waals surface area contributed by atoms with E-state index >= 15 is 0 Å². The number of methoxy groups -OCH3 is 1. The lowest BCUT2D eigenvalue weighted by Gasteiger charge is -2.32. The van der Waals surface area contributed by atoms with Crippen molar-refractivity contribution in [1.29, 1.82) is 0 Å². The molecule has 4 N–H and O–H groups in total. The maximum absolute atomic E-state index is 14.7. The van der Waals surface area contributed by atoms with Crippen LogP contribution in [0.2, 0.25) is 0 Å². The molecular formula is C45H56N6O10S. The van der Waals surface area contributed by atoms with Gasteiger partial charge in [-0.05, 0) is 99.1 Å². The lowest BCUT2D eigenvalue weighted by Crippen LogP contribution is -2.59. The first kappa shape index (κ1) is 43.2. The largest absolute Gasteiger partial charge is 0.497 e. The molecule has 332 valence electrons. The average molecular weight is 873 g/mol. The lowest BCUT2D eigenvalue weighted by molar-refractivity contribution is -0.142. The molecule has 4 heterocycles. The summed E-state index contributed by atoms with van der Waals surface area (Å²) in [7, 11) is -2.45. The molecule has 1 aromatic heterocycles. The predicted octanol–water partition coefficient (Wildman–Crippen LogP) is 4.62. The Kier molecular flexibility index (Phi) is 11.9. The summed E-state index contributed by atoms with van der Waals surface area (Å²) < 4.78 is 45.5. The quantitative estimate of drug-likeness (QED) is 0.218. The van der Waals surface area contributed by atoms with Crippen LogP contribution in [0.3, 0.4) is 0 Å². The Bertz CT molecular complexity index is 2370. The SMILES string of the molecule is COc1ccc2c(O[C@@H]3C[C@H]4C(=O)N[C@]5(C(=O)NS(=O)(=O)C6(C)CC6)C[C@H]5/C=C\CC[C@@H](C)C[C@@H](C)[C@H](NC(=O)O)C(=O)N4C3)nc(-c3ccc(N4CCOCC4)cc3)cc2c1. The standard InChI is InChI=1S/C45H56N6O10S/c1-27-7-5-6-8-31-25-45(31,42(54)49-62(57,58)44(3)15-16-44)48-39(52)37-24-34(26-51(37)41(53)38(28(2)21-27)47-43(55)56)61-40-35-14-13-33(59-4)22-30(35)23-36(46-40)29-9-11-32(12-10-29)50-17-19-60-20-18-50/h6,8-14,22-23,27-28,31,34,37-38,47H,5,7,15-21,24-26H2,1-4H3,(H,48,52)(H,49,54)(H,55,56)/b8-6-/t27-,28-,31-,34-,37+,38+,45-/m1/s1. The Balaban J connectivity index is 1.13. The normalized spacial score (nSPS) is 29.2. The zero-order valence-corrected chi connectivity index (χ0v) is 36.4. The number of allylic oxidation sites excluding steroid dienone is 1. The van der Waals surface area contributed by atoms with Crippen LogP contribution in [0.1, 0.15) is 65.7 Å². The number of hydrogen-bond acceptors (Lipinski definition) is 11. The highest BCUT2D eigenvalue weighted by molar-refractivity contribution is 7.91. The van der Waals surface area contributed by atoms with E-state index in [1.807, 2.05) is 68.5 Å². The minimum absolute atomic E-state index is 0.0193. The molecule has 16 nitrogen and oxygen atoms in total. The molecule has 0 bridgehead atoms. The first-order valence-corrected chi connectivity index (χ1v) is 23.0. The highest BCUT2D eigenvalue weighted by Gasteiger charge is 2.63. The molecule has 4 amide bonds. The number of pyridine rings is 1. The van der Waals surface area contributed by atoms with Gasteiger partial charge in [0.2, 0.25) is 27.7 Å². The zero-order chi connectivity index (χ0) is 44.0. The predicted molar refractivity (Wildman–Crippen MR) is 231 cm³/mol. The van der Waals surface area contributed by atoms with Crippen molar-refractivity contribution in [3.05, 3.63) is 60.7 Å². The monoisotopic (exact) mass is 872 g/mol. The van der Waals surface area contributed by atoms with Crippen LogP contribution in [0.25, 0.3) is 22.0 Å². The van der Waals surface area contributed by atoms with Crippen molar-refractivity contribution in [2.24, 2.45) is 17.8 Å². The third-order valence-electron chi connectivity index (χ3n) is 13.3. The molecule has 2 saturated carbocycles. The minimum atomic E-state index is -4.03. The van der Waals surface area contributed by atoms with E-state index in [1.54, 1.807) is 20.1 Å². The summed E-state index contributed by atoms with van der Waals surface area (Å²) >= 11 is 0. The highest BCUT2D eigenvalue weighted by Crippen LogP contribution is 2.48. The first-order valence-electron chi connectivity index (χ1n) is 21.5. The molecule has 3 aromatic rings. The molecule has 0 spiro atoms. The van der Waals surface area contributed by atoms with Gasteiger partial charge in [-0.3, -0.25) is 19.1 Å². The number of rotatable bonds is 9. The average Bonchev–Trinajstić information content (AvgIpc) is 4.14. The summed E-state index contributed by atoms with van der Waals surface area (Å²) in [6.45, 7) is 8.26.